The lowest BCUT2D eigenvalue weighted by Crippen LogP contribution is -1.54. The largest absolute Gasteiger partial charge is 0.328 e. The zero-order chi connectivity index (χ0) is 3.58. The molecule has 0 aromatic heterocycles. The third kappa shape index (κ3) is 71.7. The van der Waals surface area contributed by atoms with Crippen molar-refractivity contribution in [2.24, 2.45) is 0 Å². The van der Waals surface area contributed by atoms with Crippen LogP contribution in [0.25, 0.3) is 0 Å². The summed E-state index contributed by atoms with van der Waals surface area (Å²) in [5, 5.41) is 0. The Hall–Kier alpha value is 1.09. The van der Waals surface area contributed by atoms with Gasteiger partial charge in [-0.1, -0.05) is 0 Å². The molecule has 0 heterocycles. The minimum absolute atomic E-state index is 0. The first-order valence-electron chi connectivity index (χ1n) is 0.600. The van der Waals surface area contributed by atoms with Gasteiger partial charge in [-0.05, 0) is 0 Å². The van der Waals surface area contributed by atoms with Gasteiger partial charge in [0.25, 0.3) is 0 Å². The molecule has 0 amide bonds. The number of hydrogen-bond donors (Lipinski definition) is 3. The molecule has 0 aliphatic rings. The number of rotatable bonds is 0. The van der Waals surface area contributed by atoms with E-state index in [0.717, 1.165) is 0 Å². The van der Waals surface area contributed by atoms with E-state index in [1.807, 2.05) is 0 Å². The lowest BCUT2D eigenvalue weighted by Gasteiger charge is -1.76. The summed E-state index contributed by atoms with van der Waals surface area (Å²) in [5.74, 6) is 0. The maximum atomic E-state index is 7.23. The molecule has 0 aromatic carbocycles. The summed E-state index contributed by atoms with van der Waals surface area (Å²) < 4.78 is 0. The van der Waals surface area contributed by atoms with Gasteiger partial charge in [-0.15, -0.1) is 0 Å². The predicted molar refractivity (Wildman–Crippen MR) is 35.1 cm³/mol. The highest BCUT2D eigenvalue weighted by molar-refractivity contribution is 7.59. The van der Waals surface area contributed by atoms with Crippen molar-refractivity contribution in [3.8, 4) is 0 Å². The van der Waals surface area contributed by atoms with Crippen molar-refractivity contribution in [2.75, 3.05) is 0 Å². The first-order chi connectivity index (χ1) is 1.73. The summed E-state index contributed by atoms with van der Waals surface area (Å²) >= 11 is 0. The molecule has 6 heteroatoms. The van der Waals surface area contributed by atoms with E-state index in [9.17, 15) is 0 Å². The molecule has 0 saturated heterocycles. The molecule has 0 aliphatic carbocycles. The molecule has 1 unspecified atom stereocenters. The van der Waals surface area contributed by atoms with Crippen molar-refractivity contribution < 1.29 is 14.7 Å². The first kappa shape index (κ1) is 15.7. The summed E-state index contributed by atoms with van der Waals surface area (Å²) in [5.41, 5.74) is 0. The summed E-state index contributed by atoms with van der Waals surface area (Å²) in [6.07, 6.45) is 0. The van der Waals surface area contributed by atoms with Crippen molar-refractivity contribution in [1.29, 1.82) is 0 Å². The summed E-state index contributed by atoms with van der Waals surface area (Å²) in [6.45, 7) is 0. The van der Waals surface area contributed by atoms with Crippen LogP contribution in [-0.2, 0) is 0 Å². The van der Waals surface area contributed by atoms with E-state index >= 15 is 0 Å². The van der Waals surface area contributed by atoms with Crippen LogP contribution in [0.4, 0.5) is 0 Å². The van der Waals surface area contributed by atoms with Crippen molar-refractivity contribution >= 4 is 32.0 Å². The molecule has 3 nitrogen and oxygen atoms in total. The summed E-state index contributed by atoms with van der Waals surface area (Å²) in [7, 11) is -2.62. The van der Waals surface area contributed by atoms with Crippen LogP contribution < -0.4 is 0 Å². The second-order valence-electron chi connectivity index (χ2n) is 0.268. The van der Waals surface area contributed by atoms with Gasteiger partial charge in [0.05, 0.1) is 0 Å². The van der Waals surface area contributed by atoms with E-state index in [1.165, 1.54) is 0 Å². The molecule has 0 aliphatic heterocycles. The monoisotopic (exact) mass is 150 g/mol. The molecule has 0 radical (unpaired) electrons. The topological polar surface area (TPSA) is 60.7 Å². The minimum atomic E-state index is -2.62. The molecule has 6 heavy (non-hydrogen) atoms. The Balaban J connectivity index is -0.0000000450. The van der Waals surface area contributed by atoms with Gasteiger partial charge in [-0.25, -0.2) is 0 Å². The fraction of sp³-hybridized carbons (Fsp3) is 0. The zero-order valence-electron chi connectivity index (χ0n) is 3.00. The molecule has 42 valence electrons. The van der Waals surface area contributed by atoms with Gasteiger partial charge in [0.15, 0.2) is 0 Å². The smallest absolute Gasteiger partial charge is 0.324 e. The molecular formula is H8O3P2S. The molecule has 1 atom stereocenters. The lowest BCUT2D eigenvalue weighted by atomic mass is 15.8. The Kier molecular flexibility index (Phi) is 24.7. The van der Waals surface area contributed by atoms with Gasteiger partial charge >= 0.3 is 8.60 Å². The molecule has 0 saturated carbocycles. The summed E-state index contributed by atoms with van der Waals surface area (Å²) in [4.78, 5) is 21.7. The molecule has 3 N–H and O–H groups in total. The van der Waals surface area contributed by atoms with Crippen molar-refractivity contribution in [1.82, 2.24) is 0 Å². The van der Waals surface area contributed by atoms with Crippen LogP contribution in [0.2, 0.25) is 0 Å². The van der Waals surface area contributed by atoms with Crippen LogP contribution in [0.1, 0.15) is 0 Å². The fourth-order valence-electron chi connectivity index (χ4n) is 0. The summed E-state index contributed by atoms with van der Waals surface area (Å²) in [6, 6.07) is 0. The molecule has 0 fully saturated rings. The third-order valence-corrected chi connectivity index (χ3v) is 0. The SMILES string of the molecule is OP(O)O.P.S. The molecular weight excluding hydrogens is 142 g/mol. The van der Waals surface area contributed by atoms with Gasteiger partial charge in [0.2, 0.25) is 0 Å². The highest BCUT2D eigenvalue weighted by Gasteiger charge is 1.76. The van der Waals surface area contributed by atoms with Gasteiger partial charge in [0, 0.05) is 0 Å². The van der Waals surface area contributed by atoms with E-state index in [-0.39, 0.29) is 23.4 Å². The van der Waals surface area contributed by atoms with Gasteiger partial charge in [0.1, 0.15) is 0 Å². The molecule has 0 rings (SSSR count). The van der Waals surface area contributed by atoms with Crippen LogP contribution >= 0.6 is 32.0 Å². The molecule has 0 spiro atoms. The van der Waals surface area contributed by atoms with Crippen molar-refractivity contribution in [3.63, 3.8) is 0 Å². The molecule has 0 aromatic rings. The lowest BCUT2D eigenvalue weighted by molar-refractivity contribution is 0.368. The van der Waals surface area contributed by atoms with Gasteiger partial charge in [-0.3, -0.25) is 0 Å². The maximum absolute atomic E-state index is 7.23. The van der Waals surface area contributed by atoms with E-state index in [2.05, 4.69) is 0 Å². The van der Waals surface area contributed by atoms with Crippen LogP contribution in [0.3, 0.4) is 0 Å². The highest BCUT2D eigenvalue weighted by atomic mass is 32.1. The highest BCUT2D eigenvalue weighted by Crippen LogP contribution is 2.11. The zero-order valence-corrected chi connectivity index (χ0v) is 6.30. The van der Waals surface area contributed by atoms with Gasteiger partial charge < -0.3 is 14.7 Å². The van der Waals surface area contributed by atoms with Crippen molar-refractivity contribution in [3.05, 3.63) is 0 Å². The van der Waals surface area contributed by atoms with Crippen LogP contribution in [-0.4, -0.2) is 14.7 Å². The second-order valence-corrected chi connectivity index (χ2v) is 0.805. The Morgan fingerprint density at radius 1 is 1.00 bits per heavy atom. The van der Waals surface area contributed by atoms with Crippen LogP contribution in [0.15, 0.2) is 0 Å². The Bertz CT molecular complexity index is 13.5. The second kappa shape index (κ2) is 9.43. The van der Waals surface area contributed by atoms with E-state index in [1.54, 1.807) is 0 Å². The Morgan fingerprint density at radius 3 is 1.00 bits per heavy atom. The van der Waals surface area contributed by atoms with Crippen molar-refractivity contribution in [2.45, 2.75) is 0 Å². The predicted octanol–water partition coefficient (Wildman–Crippen LogP) is -0.639. The normalized spacial score (nSPS) is 6.00. The Morgan fingerprint density at radius 2 is 1.00 bits per heavy atom. The first-order valence-corrected chi connectivity index (χ1v) is 1.80. The third-order valence-electron chi connectivity index (χ3n) is 0. The van der Waals surface area contributed by atoms with Crippen LogP contribution in [0.5, 0.6) is 0 Å². The Labute approximate surface area is 47.5 Å². The quantitative estimate of drug-likeness (QED) is 0.402. The van der Waals surface area contributed by atoms with Gasteiger partial charge in [-0.2, -0.15) is 23.4 Å². The van der Waals surface area contributed by atoms with E-state index < -0.39 is 8.60 Å². The standard InChI is InChI=1S/H3O3P.H3P.H2S/c1-4(2)3;;/h1-3H;1H3;1H2. The van der Waals surface area contributed by atoms with E-state index in [0.29, 0.717) is 0 Å². The minimum Gasteiger partial charge on any atom is -0.328 e. The van der Waals surface area contributed by atoms with Crippen LogP contribution in [0, 0.1) is 0 Å². The average molecular weight is 150 g/mol. The van der Waals surface area contributed by atoms with E-state index in [4.69, 9.17) is 14.7 Å². The number of hydrogen-bond acceptors (Lipinski definition) is 3. The average Bonchev–Trinajstić information content (AvgIpc) is 0.811. The fourth-order valence-corrected chi connectivity index (χ4v) is 0. The maximum Gasteiger partial charge on any atom is 0.324 e. The molecule has 0 bridgehead atoms.